The van der Waals surface area contributed by atoms with Crippen LogP contribution in [0.25, 0.3) is 32.9 Å². The zero-order valence-electron chi connectivity index (χ0n) is 32.3. The zero-order chi connectivity index (χ0) is 35.8. The molecule has 1 aliphatic rings. The van der Waals surface area contributed by atoms with Crippen molar-refractivity contribution in [2.24, 2.45) is 10.8 Å². The van der Waals surface area contributed by atoms with Gasteiger partial charge in [0.2, 0.25) is 0 Å². The van der Waals surface area contributed by atoms with Crippen molar-refractivity contribution >= 4 is 40.7 Å². The van der Waals surface area contributed by atoms with Crippen LogP contribution in [0.2, 0.25) is 19.6 Å². The molecular weight excluding hydrogens is 797 g/mol. The van der Waals surface area contributed by atoms with Crippen LogP contribution in [0.4, 0.5) is 0 Å². The minimum absolute atomic E-state index is 0. The van der Waals surface area contributed by atoms with Gasteiger partial charge in [-0.3, -0.25) is 9.78 Å². The molecule has 0 saturated heterocycles. The summed E-state index contributed by atoms with van der Waals surface area (Å²) in [5.74, 6) is 2.02. The van der Waals surface area contributed by atoms with E-state index in [0.717, 1.165) is 34.4 Å². The van der Waals surface area contributed by atoms with Gasteiger partial charge in [-0.25, -0.2) is 4.98 Å². The molecule has 1 aliphatic carbocycles. The number of nitrogens with zero attached hydrogens (tertiary/aromatic N) is 2. The summed E-state index contributed by atoms with van der Waals surface area (Å²) in [4.78, 5) is 21.9. The first-order valence-electron chi connectivity index (χ1n) is 18.0. The van der Waals surface area contributed by atoms with E-state index < -0.39 is 13.5 Å². The number of benzene rings is 3. The Morgan fingerprint density at radius 2 is 1.65 bits per heavy atom. The van der Waals surface area contributed by atoms with E-state index in [1.165, 1.54) is 58.8 Å². The van der Waals surface area contributed by atoms with Crippen LogP contribution in [0.15, 0.2) is 48.2 Å². The predicted molar refractivity (Wildman–Crippen MR) is 208 cm³/mol. The fourth-order valence-corrected chi connectivity index (χ4v) is 7.63. The van der Waals surface area contributed by atoms with Crippen LogP contribution in [-0.4, -0.2) is 28.9 Å². The van der Waals surface area contributed by atoms with E-state index in [1.807, 2.05) is 41.5 Å². The van der Waals surface area contributed by atoms with Gasteiger partial charge in [0.25, 0.3) is 0 Å². The van der Waals surface area contributed by atoms with Gasteiger partial charge in [0, 0.05) is 56.4 Å². The Balaban J connectivity index is 0.000000370. The van der Waals surface area contributed by atoms with Gasteiger partial charge in [-0.2, -0.15) is 0 Å². The number of ketones is 1. The number of carbonyl (C=O) groups excluding carboxylic acids is 1. The summed E-state index contributed by atoms with van der Waals surface area (Å²) < 4.78 is 0. The van der Waals surface area contributed by atoms with Crippen molar-refractivity contribution in [3.63, 3.8) is 0 Å². The normalized spacial score (nSPS) is 14.6. The zero-order valence-corrected chi connectivity index (χ0v) is 35.7. The van der Waals surface area contributed by atoms with Gasteiger partial charge in [-0.15, -0.1) is 35.0 Å². The summed E-state index contributed by atoms with van der Waals surface area (Å²) >= 11 is 0. The molecule has 0 atom stereocenters. The molecule has 0 aliphatic heterocycles. The van der Waals surface area contributed by atoms with Crippen molar-refractivity contribution in [1.29, 1.82) is 0 Å². The smallest absolute Gasteiger partial charge is 0.164 e. The maximum atomic E-state index is 11.6. The fourth-order valence-electron chi connectivity index (χ4n) is 6.55. The van der Waals surface area contributed by atoms with Crippen LogP contribution in [0, 0.1) is 30.7 Å². The number of allylic oxidation sites excluding steroid dienone is 2. The molecule has 3 aromatic carbocycles. The SMILES string of the molecule is CCC(C)(C)/C(O)=C/C(=O)C(C)(C)C.Cc1cc2ccc3c(-c4[c-]cc([Si](C)(C)C)cc4)nc(C(C)C)nc3c2c(C)c1C1CCCC1.[Ir]. The molecule has 0 unspecified atom stereocenters. The Bertz CT molecular complexity index is 1820. The molecule has 1 aromatic heterocycles. The standard InChI is InChI=1S/C31H37N2Si.C12H22O2.Ir/c1-19(2)31-32-29(23-12-15-25(16-13-23)34(5,6)7)26-17-14-24-18-20(3)27(22-10-8-9-11-22)21(4)28(24)30(26)33-31;1-7-12(5,6)10(14)8-9(13)11(2,3)4;/h12,14-19,22H,8-11H2,1-7H3;8,14H,7H2,1-6H3;/q-1;;/b;10-8-;. The van der Waals surface area contributed by atoms with Crippen LogP contribution >= 0.6 is 0 Å². The molecule has 5 rings (SSSR count). The number of aryl methyl sites for hydroxylation is 2. The average Bonchev–Trinajstić information content (AvgIpc) is 3.54. The van der Waals surface area contributed by atoms with E-state index in [4.69, 9.17) is 9.97 Å². The summed E-state index contributed by atoms with van der Waals surface area (Å²) in [6.45, 7) is 27.5. The van der Waals surface area contributed by atoms with E-state index in [0.29, 0.717) is 5.92 Å². The maximum Gasteiger partial charge on any atom is 0.164 e. The van der Waals surface area contributed by atoms with E-state index in [2.05, 4.69) is 89.8 Å². The minimum Gasteiger partial charge on any atom is -0.512 e. The second-order valence-corrected chi connectivity index (χ2v) is 22.1. The van der Waals surface area contributed by atoms with Gasteiger partial charge in [0.05, 0.1) is 5.52 Å². The molecule has 1 radical (unpaired) electrons. The van der Waals surface area contributed by atoms with Crippen molar-refractivity contribution in [2.75, 3.05) is 0 Å². The molecule has 4 nitrogen and oxygen atoms in total. The molecule has 0 bridgehead atoms. The second-order valence-electron chi connectivity index (χ2n) is 17.0. The third-order valence-corrected chi connectivity index (χ3v) is 12.3. The van der Waals surface area contributed by atoms with Gasteiger partial charge in [-0.05, 0) is 72.2 Å². The predicted octanol–water partition coefficient (Wildman–Crippen LogP) is 11.7. The number of carbonyl (C=O) groups is 1. The van der Waals surface area contributed by atoms with Gasteiger partial charge >= 0.3 is 0 Å². The molecule has 49 heavy (non-hydrogen) atoms. The number of aliphatic hydroxyl groups is 1. The number of fused-ring (bicyclic) bond motifs is 3. The quantitative estimate of drug-likeness (QED) is 0.0661. The van der Waals surface area contributed by atoms with Crippen LogP contribution in [0.1, 0.15) is 122 Å². The van der Waals surface area contributed by atoms with Crippen molar-refractivity contribution in [2.45, 2.75) is 133 Å². The molecule has 1 fully saturated rings. The van der Waals surface area contributed by atoms with Crippen molar-refractivity contribution in [3.05, 3.63) is 76.8 Å². The van der Waals surface area contributed by atoms with Crippen LogP contribution < -0.4 is 5.19 Å². The van der Waals surface area contributed by atoms with Crippen molar-refractivity contribution < 1.29 is 30.0 Å². The summed E-state index contributed by atoms with van der Waals surface area (Å²) in [5.41, 5.74) is 6.88. The number of rotatable bonds is 7. The van der Waals surface area contributed by atoms with Gasteiger partial charge in [-0.1, -0.05) is 106 Å². The number of hydrogen-bond acceptors (Lipinski definition) is 4. The largest absolute Gasteiger partial charge is 0.512 e. The topological polar surface area (TPSA) is 63.1 Å². The molecule has 267 valence electrons. The molecule has 0 amide bonds. The Hall–Kier alpha value is -2.66. The van der Waals surface area contributed by atoms with Crippen molar-refractivity contribution in [1.82, 2.24) is 9.97 Å². The molecule has 1 N–H and O–H groups in total. The van der Waals surface area contributed by atoms with Gasteiger partial charge in [0.1, 0.15) is 11.6 Å². The fraction of sp³-hybridized carbons (Fsp3) is 0.512. The number of hydrogen-bond donors (Lipinski definition) is 1. The molecule has 4 aromatic rings. The van der Waals surface area contributed by atoms with E-state index >= 15 is 0 Å². The first-order valence-corrected chi connectivity index (χ1v) is 21.5. The third-order valence-electron chi connectivity index (χ3n) is 10.3. The first-order chi connectivity index (χ1) is 22.3. The summed E-state index contributed by atoms with van der Waals surface area (Å²) in [6.07, 6.45) is 7.51. The van der Waals surface area contributed by atoms with E-state index in [-0.39, 0.29) is 43.0 Å². The van der Waals surface area contributed by atoms with Crippen LogP contribution in [-0.2, 0) is 24.9 Å². The second kappa shape index (κ2) is 15.7. The molecular formula is C43H59IrN2O2Si-. The minimum atomic E-state index is -1.37. The monoisotopic (exact) mass is 856 g/mol. The maximum absolute atomic E-state index is 11.6. The molecule has 0 spiro atoms. The van der Waals surface area contributed by atoms with Crippen LogP contribution in [0.5, 0.6) is 0 Å². The average molecular weight is 856 g/mol. The Kier molecular flexibility index (Phi) is 13.1. The first kappa shape index (κ1) is 40.8. The van der Waals surface area contributed by atoms with E-state index in [9.17, 15) is 9.90 Å². The molecule has 1 saturated carbocycles. The Labute approximate surface area is 311 Å². The Morgan fingerprint density at radius 1 is 1.02 bits per heavy atom. The molecule has 6 heteroatoms. The van der Waals surface area contributed by atoms with Crippen LogP contribution in [0.3, 0.4) is 0 Å². The Morgan fingerprint density at radius 3 is 2.16 bits per heavy atom. The summed E-state index contributed by atoms with van der Waals surface area (Å²) in [7, 11) is -1.37. The number of aromatic nitrogens is 2. The molecule has 1 heterocycles. The van der Waals surface area contributed by atoms with Gasteiger partial charge in [0.15, 0.2) is 5.78 Å². The summed E-state index contributed by atoms with van der Waals surface area (Å²) in [5, 5.41) is 14.9. The summed E-state index contributed by atoms with van der Waals surface area (Å²) in [6, 6.07) is 17.2. The van der Waals surface area contributed by atoms with E-state index in [1.54, 1.807) is 5.56 Å². The third kappa shape index (κ3) is 9.17. The van der Waals surface area contributed by atoms with Gasteiger partial charge < -0.3 is 5.11 Å². The van der Waals surface area contributed by atoms with Crippen molar-refractivity contribution in [3.8, 4) is 11.3 Å². The number of aliphatic hydroxyl groups excluding tert-OH is 1.